The molecule has 3 atom stereocenters. The second kappa shape index (κ2) is 10.0. The van der Waals surface area contributed by atoms with Crippen LogP contribution in [0.4, 0.5) is 11.4 Å². The highest BCUT2D eigenvalue weighted by Crippen LogP contribution is 2.43. The normalized spacial score (nSPS) is 22.2. The minimum absolute atomic E-state index is 0.00281. The number of nitriles is 1. The van der Waals surface area contributed by atoms with Crippen LogP contribution in [0.2, 0.25) is 5.02 Å². The van der Waals surface area contributed by atoms with Gasteiger partial charge in [-0.3, -0.25) is 10.1 Å². The van der Waals surface area contributed by atoms with Crippen molar-refractivity contribution >= 4 is 28.9 Å². The summed E-state index contributed by atoms with van der Waals surface area (Å²) in [5.74, 6) is 0.268. The SMILES string of the molecule is COC(OC)C1(C)Oc2ccc([N+](=O)[O-])cc2C(NC(=NC#N)Nc2ccc(Cl)cc2)C1O. The predicted molar refractivity (Wildman–Crippen MR) is 120 cm³/mol. The first-order valence-electron chi connectivity index (χ1n) is 9.70. The monoisotopic (exact) mass is 475 g/mol. The summed E-state index contributed by atoms with van der Waals surface area (Å²) in [6.07, 6.45) is -0.636. The third-order valence-electron chi connectivity index (χ3n) is 5.23. The maximum Gasteiger partial charge on any atom is 0.270 e. The van der Waals surface area contributed by atoms with E-state index in [-0.39, 0.29) is 17.4 Å². The van der Waals surface area contributed by atoms with Gasteiger partial charge in [0, 0.05) is 42.6 Å². The van der Waals surface area contributed by atoms with E-state index in [9.17, 15) is 20.5 Å². The van der Waals surface area contributed by atoms with E-state index >= 15 is 0 Å². The number of non-ortho nitro benzene ring substituents is 1. The van der Waals surface area contributed by atoms with E-state index in [2.05, 4.69) is 15.6 Å². The Balaban J connectivity index is 2.05. The van der Waals surface area contributed by atoms with Gasteiger partial charge in [0.05, 0.1) is 11.0 Å². The van der Waals surface area contributed by atoms with Gasteiger partial charge < -0.3 is 30.0 Å². The molecule has 0 radical (unpaired) electrons. The molecule has 0 bridgehead atoms. The zero-order valence-corrected chi connectivity index (χ0v) is 18.7. The highest BCUT2D eigenvalue weighted by molar-refractivity contribution is 6.30. The molecule has 0 fully saturated rings. The Kier molecular flexibility index (Phi) is 7.35. The number of methoxy groups -OCH3 is 2. The molecule has 0 aromatic heterocycles. The van der Waals surface area contributed by atoms with Gasteiger partial charge >= 0.3 is 0 Å². The first-order chi connectivity index (χ1) is 15.7. The predicted octanol–water partition coefficient (Wildman–Crippen LogP) is 2.96. The second-order valence-corrected chi connectivity index (χ2v) is 7.76. The van der Waals surface area contributed by atoms with Crippen LogP contribution in [0.1, 0.15) is 18.5 Å². The smallest absolute Gasteiger partial charge is 0.270 e. The fourth-order valence-electron chi connectivity index (χ4n) is 3.66. The van der Waals surface area contributed by atoms with Crippen molar-refractivity contribution in [2.45, 2.75) is 31.0 Å². The molecule has 0 amide bonds. The van der Waals surface area contributed by atoms with Crippen molar-refractivity contribution in [2.75, 3.05) is 19.5 Å². The van der Waals surface area contributed by atoms with Crippen LogP contribution in [0.3, 0.4) is 0 Å². The highest BCUT2D eigenvalue weighted by Gasteiger charge is 2.52. The lowest BCUT2D eigenvalue weighted by molar-refractivity contribution is -0.385. The molecule has 0 saturated carbocycles. The summed E-state index contributed by atoms with van der Waals surface area (Å²) in [7, 11) is 2.79. The lowest BCUT2D eigenvalue weighted by atomic mass is 9.84. The van der Waals surface area contributed by atoms with Gasteiger partial charge in [-0.05, 0) is 37.3 Å². The molecule has 0 aliphatic carbocycles. The van der Waals surface area contributed by atoms with Crippen LogP contribution < -0.4 is 15.4 Å². The lowest BCUT2D eigenvalue weighted by Gasteiger charge is -2.46. The van der Waals surface area contributed by atoms with E-state index in [1.807, 2.05) is 0 Å². The van der Waals surface area contributed by atoms with Crippen molar-refractivity contribution < 1.29 is 24.2 Å². The van der Waals surface area contributed by atoms with Gasteiger partial charge in [-0.25, -0.2) is 0 Å². The minimum Gasteiger partial charge on any atom is -0.479 e. The Morgan fingerprint density at radius 3 is 2.58 bits per heavy atom. The fraction of sp³-hybridized carbons (Fsp3) is 0.333. The molecule has 3 N–H and O–H groups in total. The maximum atomic E-state index is 11.3. The largest absolute Gasteiger partial charge is 0.479 e. The summed E-state index contributed by atoms with van der Waals surface area (Å²) in [4.78, 5) is 14.5. The van der Waals surface area contributed by atoms with Crippen molar-refractivity contribution in [1.29, 1.82) is 5.26 Å². The second-order valence-electron chi connectivity index (χ2n) is 7.33. The summed E-state index contributed by atoms with van der Waals surface area (Å²) in [6, 6.07) is 9.66. The molecule has 1 aliphatic rings. The number of hydrogen-bond donors (Lipinski definition) is 3. The number of aliphatic hydroxyl groups is 1. The van der Waals surface area contributed by atoms with Crippen molar-refractivity contribution in [3.63, 3.8) is 0 Å². The zero-order valence-electron chi connectivity index (χ0n) is 18.0. The lowest BCUT2D eigenvalue weighted by Crippen LogP contribution is -2.62. The number of nitro groups is 1. The van der Waals surface area contributed by atoms with Crippen molar-refractivity contribution in [3.05, 3.63) is 63.2 Å². The van der Waals surface area contributed by atoms with Crippen LogP contribution >= 0.6 is 11.6 Å². The van der Waals surface area contributed by atoms with E-state index in [4.69, 9.17) is 25.8 Å². The molecule has 33 heavy (non-hydrogen) atoms. The van der Waals surface area contributed by atoms with Crippen LogP contribution in [-0.2, 0) is 9.47 Å². The van der Waals surface area contributed by atoms with E-state index in [0.29, 0.717) is 16.3 Å². The Hall–Kier alpha value is -3.43. The van der Waals surface area contributed by atoms with Crippen LogP contribution in [0, 0.1) is 21.6 Å². The third kappa shape index (κ3) is 4.99. The highest BCUT2D eigenvalue weighted by atomic mass is 35.5. The number of rotatable bonds is 6. The molecule has 1 heterocycles. The molecule has 11 nitrogen and oxygen atoms in total. The molecule has 0 saturated heterocycles. The number of nitrogens with zero attached hydrogens (tertiary/aromatic N) is 3. The molecule has 174 valence electrons. The molecule has 2 aromatic rings. The van der Waals surface area contributed by atoms with Gasteiger partial charge in [-0.2, -0.15) is 5.26 Å². The van der Waals surface area contributed by atoms with Gasteiger partial charge in [-0.1, -0.05) is 11.6 Å². The quantitative estimate of drug-likeness (QED) is 0.143. The van der Waals surface area contributed by atoms with Crippen LogP contribution in [0.5, 0.6) is 5.75 Å². The van der Waals surface area contributed by atoms with Gasteiger partial charge in [0.2, 0.25) is 12.2 Å². The van der Waals surface area contributed by atoms with E-state index in [0.717, 1.165) is 0 Å². The molecule has 3 unspecified atom stereocenters. The molecular formula is C21H22ClN5O6. The van der Waals surface area contributed by atoms with E-state index in [1.54, 1.807) is 37.4 Å². The molecular weight excluding hydrogens is 454 g/mol. The number of aliphatic hydroxyl groups excluding tert-OH is 1. The Bertz CT molecular complexity index is 1090. The number of halogens is 1. The van der Waals surface area contributed by atoms with Gasteiger partial charge in [-0.15, -0.1) is 4.99 Å². The van der Waals surface area contributed by atoms with Crippen LogP contribution in [-0.4, -0.2) is 48.2 Å². The molecule has 0 spiro atoms. The number of guanidine groups is 1. The Morgan fingerprint density at radius 1 is 1.33 bits per heavy atom. The van der Waals surface area contributed by atoms with Crippen molar-refractivity contribution in [3.8, 4) is 11.9 Å². The number of benzene rings is 2. The molecule has 3 rings (SSSR count). The molecule has 1 aliphatic heterocycles. The number of fused-ring (bicyclic) bond motifs is 1. The van der Waals surface area contributed by atoms with Crippen molar-refractivity contribution in [1.82, 2.24) is 5.32 Å². The Labute approximate surface area is 194 Å². The summed E-state index contributed by atoms with van der Waals surface area (Å²) >= 11 is 5.92. The minimum atomic E-state index is -1.41. The standard InChI is InChI=1S/C21H22ClN5O6/c1-21(19(31-2)32-3)18(28)17(15-10-14(27(29)30)8-9-16(15)33-21)26-20(24-11-23)25-13-6-4-12(22)5-7-13/h4-10,17-19,28H,1-3H3,(H2,24,25,26). The average Bonchev–Trinajstić information content (AvgIpc) is 2.79. The average molecular weight is 476 g/mol. The number of ether oxygens (including phenoxy) is 3. The maximum absolute atomic E-state index is 11.3. The number of anilines is 1. The topological polar surface area (TPSA) is 151 Å². The summed E-state index contributed by atoms with van der Waals surface area (Å²) < 4.78 is 16.7. The zero-order chi connectivity index (χ0) is 24.2. The summed E-state index contributed by atoms with van der Waals surface area (Å²) in [6.45, 7) is 1.59. The van der Waals surface area contributed by atoms with Gasteiger partial charge in [0.1, 0.15) is 11.9 Å². The number of nitro benzene ring substituents is 1. The van der Waals surface area contributed by atoms with Crippen LogP contribution in [0.15, 0.2) is 47.5 Å². The van der Waals surface area contributed by atoms with Crippen LogP contribution in [0.25, 0.3) is 0 Å². The molecule has 2 aromatic carbocycles. The Morgan fingerprint density at radius 2 is 2.00 bits per heavy atom. The third-order valence-corrected chi connectivity index (χ3v) is 5.48. The van der Waals surface area contributed by atoms with Gasteiger partial charge in [0.15, 0.2) is 11.9 Å². The number of nitrogens with one attached hydrogen (secondary N) is 2. The fourth-order valence-corrected chi connectivity index (χ4v) is 3.78. The summed E-state index contributed by atoms with van der Waals surface area (Å²) in [5, 5.41) is 38.3. The number of aliphatic imine (C=N–C) groups is 1. The van der Waals surface area contributed by atoms with Gasteiger partial charge in [0.25, 0.3) is 5.69 Å². The first-order valence-corrected chi connectivity index (χ1v) is 10.1. The van der Waals surface area contributed by atoms with E-state index in [1.165, 1.54) is 32.4 Å². The summed E-state index contributed by atoms with van der Waals surface area (Å²) in [5.41, 5.74) is -0.748. The first kappa shape index (κ1) is 24.2. The molecule has 12 heteroatoms. The van der Waals surface area contributed by atoms with E-state index < -0.39 is 29.0 Å². The van der Waals surface area contributed by atoms with Crippen molar-refractivity contribution in [2.24, 2.45) is 4.99 Å². The number of hydrogen-bond acceptors (Lipinski definition) is 8.